The van der Waals surface area contributed by atoms with Crippen LogP contribution in [0.1, 0.15) is 56.1 Å². The van der Waals surface area contributed by atoms with Crippen LogP contribution < -0.4 is 16.0 Å². The molecule has 27 heavy (non-hydrogen) atoms. The van der Waals surface area contributed by atoms with Gasteiger partial charge < -0.3 is 20.9 Å². The molecule has 1 atom stereocenters. The molecule has 0 bridgehead atoms. The molecule has 2 saturated heterocycles. The summed E-state index contributed by atoms with van der Waals surface area (Å²) in [5, 5.41) is 10.1. The predicted molar refractivity (Wildman–Crippen MR) is 112 cm³/mol. The fraction of sp³-hybridized carbons (Fsp3) is 0.682. The summed E-state index contributed by atoms with van der Waals surface area (Å²) in [5.74, 6) is 1.60. The number of piperidine rings is 2. The van der Waals surface area contributed by atoms with E-state index in [2.05, 4.69) is 46.8 Å². The minimum absolute atomic E-state index is 0.113. The van der Waals surface area contributed by atoms with Gasteiger partial charge in [0.2, 0.25) is 5.91 Å². The number of hydrogen-bond acceptors (Lipinski definition) is 4. The number of hydrogen-bond donors (Lipinski definition) is 3. The highest BCUT2D eigenvalue weighted by Gasteiger charge is 2.26. The number of aryl methyl sites for hydroxylation is 1. The van der Waals surface area contributed by atoms with E-state index < -0.39 is 0 Å². The molecule has 0 saturated carbocycles. The summed E-state index contributed by atoms with van der Waals surface area (Å²) in [6, 6.07) is 4.73. The Labute approximate surface area is 163 Å². The van der Waals surface area contributed by atoms with Gasteiger partial charge in [0.1, 0.15) is 0 Å². The van der Waals surface area contributed by atoms with Crippen molar-refractivity contribution >= 4 is 17.3 Å². The zero-order valence-electron chi connectivity index (χ0n) is 16.8. The summed E-state index contributed by atoms with van der Waals surface area (Å²) in [4.78, 5) is 14.8. The van der Waals surface area contributed by atoms with Crippen LogP contribution in [0.2, 0.25) is 0 Å². The van der Waals surface area contributed by atoms with Gasteiger partial charge in [-0.2, -0.15) is 0 Å². The van der Waals surface area contributed by atoms with Crippen molar-refractivity contribution in [1.82, 2.24) is 10.2 Å². The van der Waals surface area contributed by atoms with E-state index in [9.17, 15) is 4.79 Å². The molecule has 0 aliphatic carbocycles. The Balaban J connectivity index is 1.41. The van der Waals surface area contributed by atoms with E-state index in [-0.39, 0.29) is 11.9 Å². The first kappa shape index (κ1) is 18.8. The number of likely N-dealkylation sites (tertiary alicyclic amines) is 1. The number of carbonyl (C=O) groups is 1. The zero-order valence-corrected chi connectivity index (χ0v) is 16.8. The predicted octanol–water partition coefficient (Wildman–Crippen LogP) is 3.32. The second kappa shape index (κ2) is 8.19. The van der Waals surface area contributed by atoms with E-state index in [1.54, 1.807) is 0 Å². The van der Waals surface area contributed by atoms with Crippen molar-refractivity contribution in [2.24, 2.45) is 5.92 Å². The summed E-state index contributed by atoms with van der Waals surface area (Å²) < 4.78 is 0. The number of benzene rings is 1. The topological polar surface area (TPSA) is 56.4 Å². The van der Waals surface area contributed by atoms with E-state index >= 15 is 0 Å². The van der Waals surface area contributed by atoms with E-state index in [0.29, 0.717) is 12.3 Å². The number of nitrogens with one attached hydrogen (secondary N) is 3. The largest absolute Gasteiger partial charge is 0.380 e. The molecule has 1 aromatic rings. The number of amides is 1. The Hall–Kier alpha value is -1.59. The molecule has 0 radical (unpaired) electrons. The smallest absolute Gasteiger partial charge is 0.226 e. The summed E-state index contributed by atoms with van der Waals surface area (Å²) in [5.41, 5.74) is 4.70. The van der Waals surface area contributed by atoms with Crippen LogP contribution >= 0.6 is 0 Å². The van der Waals surface area contributed by atoms with Gasteiger partial charge in [0.05, 0.1) is 11.4 Å². The molecular weight excluding hydrogens is 336 g/mol. The molecule has 3 aliphatic heterocycles. The monoisotopic (exact) mass is 370 g/mol. The highest BCUT2D eigenvalue weighted by atomic mass is 16.1. The third kappa shape index (κ3) is 4.46. The molecular formula is C22H34N4O. The van der Waals surface area contributed by atoms with E-state index in [4.69, 9.17) is 0 Å². The maximum absolute atomic E-state index is 12.1. The van der Waals surface area contributed by atoms with E-state index in [1.165, 1.54) is 69.5 Å². The van der Waals surface area contributed by atoms with Crippen LogP contribution in [-0.4, -0.2) is 49.6 Å². The van der Waals surface area contributed by atoms with Crippen LogP contribution in [0, 0.1) is 12.8 Å². The molecule has 1 amide bonds. The molecule has 1 aromatic carbocycles. The molecule has 0 aromatic heterocycles. The fourth-order valence-electron chi connectivity index (χ4n) is 5.00. The molecule has 5 heteroatoms. The number of nitrogens with zero attached hydrogens (tertiary/aromatic N) is 1. The lowest BCUT2D eigenvalue weighted by molar-refractivity contribution is -0.116. The van der Waals surface area contributed by atoms with Gasteiger partial charge in [-0.1, -0.05) is 6.07 Å². The van der Waals surface area contributed by atoms with Gasteiger partial charge in [0.15, 0.2) is 0 Å². The summed E-state index contributed by atoms with van der Waals surface area (Å²) in [7, 11) is 0. The Kier molecular flexibility index (Phi) is 5.69. The molecule has 3 N–H and O–H groups in total. The second-order valence-corrected chi connectivity index (χ2v) is 8.83. The standard InChI is InChI=1S/C22H34N4O/c1-15-11-19(13-20-22(15)24-16(2)12-21(27)25-20)18-5-9-26(10-6-18)14-17-3-7-23-8-4-17/h11,13,16-18,23-24H,3-10,12,14H2,1-2H3,(H,25,27). The van der Waals surface area contributed by atoms with Gasteiger partial charge in [0.25, 0.3) is 0 Å². The van der Waals surface area contributed by atoms with Crippen molar-refractivity contribution in [3.8, 4) is 0 Å². The first-order valence-corrected chi connectivity index (χ1v) is 10.7. The van der Waals surface area contributed by atoms with Gasteiger partial charge in [-0.15, -0.1) is 0 Å². The molecule has 148 valence electrons. The Bertz CT molecular complexity index is 675. The van der Waals surface area contributed by atoms with Gasteiger partial charge in [0, 0.05) is 19.0 Å². The lowest BCUT2D eigenvalue weighted by Gasteiger charge is -2.36. The van der Waals surface area contributed by atoms with Crippen LogP contribution in [0.3, 0.4) is 0 Å². The first-order valence-electron chi connectivity index (χ1n) is 10.7. The average Bonchev–Trinajstić information content (AvgIpc) is 2.80. The molecule has 3 aliphatic rings. The van der Waals surface area contributed by atoms with Crippen molar-refractivity contribution in [1.29, 1.82) is 0 Å². The van der Waals surface area contributed by atoms with Crippen LogP contribution in [0.25, 0.3) is 0 Å². The Morgan fingerprint density at radius 2 is 1.85 bits per heavy atom. The van der Waals surface area contributed by atoms with Crippen molar-refractivity contribution in [3.05, 3.63) is 23.3 Å². The zero-order chi connectivity index (χ0) is 18.8. The number of anilines is 2. The van der Waals surface area contributed by atoms with Gasteiger partial charge >= 0.3 is 0 Å². The van der Waals surface area contributed by atoms with Crippen LogP contribution in [0.5, 0.6) is 0 Å². The van der Waals surface area contributed by atoms with Gasteiger partial charge in [-0.05, 0) is 94.7 Å². The maximum Gasteiger partial charge on any atom is 0.226 e. The quantitative estimate of drug-likeness (QED) is 0.764. The minimum Gasteiger partial charge on any atom is -0.380 e. The van der Waals surface area contributed by atoms with Crippen LogP contribution in [-0.2, 0) is 4.79 Å². The molecule has 0 spiro atoms. The van der Waals surface area contributed by atoms with E-state index in [0.717, 1.165) is 17.3 Å². The Morgan fingerprint density at radius 3 is 2.59 bits per heavy atom. The molecule has 2 fully saturated rings. The fourth-order valence-corrected chi connectivity index (χ4v) is 5.00. The molecule has 5 nitrogen and oxygen atoms in total. The van der Waals surface area contributed by atoms with Crippen LogP contribution in [0.4, 0.5) is 11.4 Å². The second-order valence-electron chi connectivity index (χ2n) is 8.83. The molecule has 4 rings (SSSR count). The summed E-state index contributed by atoms with van der Waals surface area (Å²) in [6.07, 6.45) is 5.63. The number of fused-ring (bicyclic) bond motifs is 1. The third-order valence-electron chi connectivity index (χ3n) is 6.55. The normalized spacial score (nSPS) is 25.4. The maximum atomic E-state index is 12.1. The van der Waals surface area contributed by atoms with Crippen molar-refractivity contribution in [3.63, 3.8) is 0 Å². The van der Waals surface area contributed by atoms with Crippen molar-refractivity contribution in [2.75, 3.05) is 43.4 Å². The lowest BCUT2D eigenvalue weighted by Crippen LogP contribution is -2.39. The lowest BCUT2D eigenvalue weighted by atomic mass is 9.87. The van der Waals surface area contributed by atoms with Gasteiger partial charge in [-0.25, -0.2) is 0 Å². The highest BCUT2D eigenvalue weighted by molar-refractivity contribution is 5.97. The number of carbonyl (C=O) groups excluding carboxylic acids is 1. The van der Waals surface area contributed by atoms with E-state index in [1.807, 2.05) is 0 Å². The average molecular weight is 371 g/mol. The van der Waals surface area contributed by atoms with Crippen molar-refractivity contribution < 1.29 is 4.79 Å². The van der Waals surface area contributed by atoms with Crippen molar-refractivity contribution in [2.45, 2.75) is 57.9 Å². The summed E-state index contributed by atoms with van der Waals surface area (Å²) in [6.45, 7) is 10.3. The van der Waals surface area contributed by atoms with Crippen LogP contribution in [0.15, 0.2) is 12.1 Å². The number of rotatable bonds is 3. The van der Waals surface area contributed by atoms with Gasteiger partial charge in [-0.3, -0.25) is 4.79 Å². The third-order valence-corrected chi connectivity index (χ3v) is 6.55. The molecule has 3 heterocycles. The highest BCUT2D eigenvalue weighted by Crippen LogP contribution is 2.37. The summed E-state index contributed by atoms with van der Waals surface area (Å²) >= 11 is 0. The molecule has 1 unspecified atom stereocenters. The SMILES string of the molecule is Cc1cc(C2CCN(CC3CCNCC3)CC2)cc2c1NC(C)CC(=O)N2. The first-order chi connectivity index (χ1) is 13.1. The Morgan fingerprint density at radius 1 is 1.11 bits per heavy atom. The minimum atomic E-state index is 0.113.